The van der Waals surface area contributed by atoms with Crippen molar-refractivity contribution in [2.45, 2.75) is 6.92 Å². The van der Waals surface area contributed by atoms with Crippen LogP contribution in [0.4, 0.5) is 4.39 Å². The highest BCUT2D eigenvalue weighted by Crippen LogP contribution is 2.28. The van der Waals surface area contributed by atoms with Gasteiger partial charge in [-0.05, 0) is 19.1 Å². The Bertz CT molecular complexity index is 476. The number of thiophene rings is 1. The molecule has 2 aromatic rings. The molecule has 0 fully saturated rings. The van der Waals surface area contributed by atoms with E-state index >= 15 is 0 Å². The molecule has 0 atom stereocenters. The standard InChI is InChI=1S/C11H9FN2S/c1-2-9(12)11-5-8(6-15-11)10-3-4-13-7-14-10/h2-7H,1H3/b9-2+. The molecule has 4 heteroatoms. The van der Waals surface area contributed by atoms with Crippen LogP contribution in [0.15, 0.2) is 36.1 Å². The Morgan fingerprint density at radius 2 is 2.40 bits per heavy atom. The van der Waals surface area contributed by atoms with Crippen LogP contribution in [0, 0.1) is 0 Å². The molecular weight excluding hydrogens is 211 g/mol. The van der Waals surface area contributed by atoms with Gasteiger partial charge in [-0.2, -0.15) is 0 Å². The molecule has 0 aromatic carbocycles. The first-order chi connectivity index (χ1) is 7.31. The summed E-state index contributed by atoms with van der Waals surface area (Å²) >= 11 is 1.37. The predicted molar refractivity (Wildman–Crippen MR) is 60.1 cm³/mol. The molecule has 0 aliphatic rings. The van der Waals surface area contributed by atoms with Crippen molar-refractivity contribution >= 4 is 17.2 Å². The molecule has 0 unspecified atom stereocenters. The summed E-state index contributed by atoms with van der Waals surface area (Å²) in [6.07, 6.45) is 4.61. The van der Waals surface area contributed by atoms with Gasteiger partial charge in [0.25, 0.3) is 0 Å². The molecule has 0 bridgehead atoms. The maximum absolute atomic E-state index is 13.2. The van der Waals surface area contributed by atoms with Gasteiger partial charge in [0.15, 0.2) is 0 Å². The second kappa shape index (κ2) is 4.31. The first-order valence-corrected chi connectivity index (χ1v) is 5.36. The Kier molecular flexibility index (Phi) is 2.87. The highest BCUT2D eigenvalue weighted by Gasteiger charge is 2.06. The molecule has 2 nitrogen and oxygen atoms in total. The molecule has 76 valence electrons. The molecule has 2 rings (SSSR count). The summed E-state index contributed by atoms with van der Waals surface area (Å²) in [7, 11) is 0. The van der Waals surface area contributed by atoms with Crippen LogP contribution in [-0.2, 0) is 0 Å². The van der Waals surface area contributed by atoms with Crippen molar-refractivity contribution in [2.24, 2.45) is 0 Å². The molecule has 0 radical (unpaired) electrons. The fraction of sp³-hybridized carbons (Fsp3) is 0.0909. The van der Waals surface area contributed by atoms with Gasteiger partial charge in [0.1, 0.15) is 12.2 Å². The Balaban J connectivity index is 2.36. The fourth-order valence-corrected chi connectivity index (χ4v) is 2.07. The minimum Gasteiger partial charge on any atom is -0.245 e. The van der Waals surface area contributed by atoms with Gasteiger partial charge in [-0.15, -0.1) is 11.3 Å². The molecule has 0 aliphatic carbocycles. The van der Waals surface area contributed by atoms with Crippen LogP contribution in [0.3, 0.4) is 0 Å². The van der Waals surface area contributed by atoms with Crippen molar-refractivity contribution in [1.82, 2.24) is 9.97 Å². The number of hydrogen-bond donors (Lipinski definition) is 0. The highest BCUT2D eigenvalue weighted by molar-refractivity contribution is 7.11. The topological polar surface area (TPSA) is 25.8 Å². The lowest BCUT2D eigenvalue weighted by Gasteiger charge is -1.93. The van der Waals surface area contributed by atoms with E-state index in [1.54, 1.807) is 25.3 Å². The largest absolute Gasteiger partial charge is 0.245 e. The average molecular weight is 220 g/mol. The quantitative estimate of drug-likeness (QED) is 0.773. The van der Waals surface area contributed by atoms with Crippen LogP contribution < -0.4 is 0 Å². The average Bonchev–Trinajstić information content (AvgIpc) is 2.78. The van der Waals surface area contributed by atoms with Crippen LogP contribution in [0.2, 0.25) is 0 Å². The third kappa shape index (κ3) is 2.10. The minimum atomic E-state index is -0.194. The van der Waals surface area contributed by atoms with E-state index in [-0.39, 0.29) is 5.83 Å². The van der Waals surface area contributed by atoms with Gasteiger partial charge in [0.05, 0.1) is 10.6 Å². The van der Waals surface area contributed by atoms with Crippen molar-refractivity contribution in [1.29, 1.82) is 0 Å². The molecule has 0 saturated heterocycles. The van der Waals surface area contributed by atoms with Gasteiger partial charge in [-0.25, -0.2) is 14.4 Å². The summed E-state index contributed by atoms with van der Waals surface area (Å²) < 4.78 is 13.2. The van der Waals surface area contributed by atoms with Crippen LogP contribution in [-0.4, -0.2) is 9.97 Å². The minimum absolute atomic E-state index is 0.194. The molecule has 2 aromatic heterocycles. The van der Waals surface area contributed by atoms with Gasteiger partial charge in [-0.1, -0.05) is 6.08 Å². The van der Waals surface area contributed by atoms with Crippen molar-refractivity contribution < 1.29 is 4.39 Å². The summed E-state index contributed by atoms with van der Waals surface area (Å²) in [6, 6.07) is 3.60. The zero-order valence-corrected chi connectivity index (χ0v) is 8.96. The molecular formula is C11H9FN2S. The Labute approximate surface area is 91.1 Å². The summed E-state index contributed by atoms with van der Waals surface area (Å²) in [6.45, 7) is 1.68. The smallest absolute Gasteiger partial charge is 0.136 e. The van der Waals surface area contributed by atoms with Gasteiger partial charge in [0.2, 0.25) is 0 Å². The monoisotopic (exact) mass is 220 g/mol. The summed E-state index contributed by atoms with van der Waals surface area (Å²) in [5.74, 6) is -0.194. The first kappa shape index (κ1) is 9.98. The van der Waals surface area contributed by atoms with E-state index < -0.39 is 0 Å². The number of rotatable bonds is 2. The van der Waals surface area contributed by atoms with Crippen molar-refractivity contribution in [3.05, 3.63) is 41.0 Å². The lowest BCUT2D eigenvalue weighted by Crippen LogP contribution is -1.80. The first-order valence-electron chi connectivity index (χ1n) is 4.48. The second-order valence-electron chi connectivity index (χ2n) is 2.93. The highest BCUT2D eigenvalue weighted by atomic mass is 32.1. The lowest BCUT2D eigenvalue weighted by molar-refractivity contribution is 0.762. The van der Waals surface area contributed by atoms with E-state index in [1.165, 1.54) is 23.7 Å². The predicted octanol–water partition coefficient (Wildman–Crippen LogP) is 3.54. The normalized spacial score (nSPS) is 11.7. The van der Waals surface area contributed by atoms with E-state index in [0.717, 1.165) is 11.3 Å². The molecule has 0 N–H and O–H groups in total. The fourth-order valence-electron chi connectivity index (χ4n) is 1.20. The lowest BCUT2D eigenvalue weighted by atomic mass is 10.2. The molecule has 0 spiro atoms. The van der Waals surface area contributed by atoms with E-state index in [4.69, 9.17) is 0 Å². The molecule has 0 saturated carbocycles. The third-order valence-electron chi connectivity index (χ3n) is 1.97. The van der Waals surface area contributed by atoms with E-state index in [1.807, 2.05) is 5.38 Å². The van der Waals surface area contributed by atoms with Crippen LogP contribution >= 0.6 is 11.3 Å². The molecule has 0 amide bonds. The Morgan fingerprint density at radius 1 is 1.53 bits per heavy atom. The summed E-state index contributed by atoms with van der Waals surface area (Å²) in [5.41, 5.74) is 1.74. The zero-order valence-electron chi connectivity index (χ0n) is 8.14. The second-order valence-corrected chi connectivity index (χ2v) is 3.84. The van der Waals surface area contributed by atoms with Crippen molar-refractivity contribution in [2.75, 3.05) is 0 Å². The van der Waals surface area contributed by atoms with Crippen LogP contribution in [0.25, 0.3) is 17.1 Å². The van der Waals surface area contributed by atoms with Gasteiger partial charge < -0.3 is 0 Å². The Morgan fingerprint density at radius 3 is 3.07 bits per heavy atom. The Hall–Kier alpha value is -1.55. The summed E-state index contributed by atoms with van der Waals surface area (Å²) in [5, 5.41) is 1.89. The van der Waals surface area contributed by atoms with Crippen molar-refractivity contribution in [3.63, 3.8) is 0 Å². The zero-order chi connectivity index (χ0) is 10.7. The number of aromatic nitrogens is 2. The number of hydrogen-bond acceptors (Lipinski definition) is 3. The van der Waals surface area contributed by atoms with Crippen LogP contribution in [0.1, 0.15) is 11.8 Å². The van der Waals surface area contributed by atoms with Crippen molar-refractivity contribution in [3.8, 4) is 11.3 Å². The van der Waals surface area contributed by atoms with E-state index in [9.17, 15) is 4.39 Å². The van der Waals surface area contributed by atoms with Crippen LogP contribution in [0.5, 0.6) is 0 Å². The number of allylic oxidation sites excluding steroid dienone is 1. The molecule has 15 heavy (non-hydrogen) atoms. The maximum atomic E-state index is 13.2. The summed E-state index contributed by atoms with van der Waals surface area (Å²) in [4.78, 5) is 8.57. The SMILES string of the molecule is C/C=C(/F)c1cc(-c2ccncn2)cs1. The number of halogens is 1. The van der Waals surface area contributed by atoms with Gasteiger partial charge in [0, 0.05) is 17.1 Å². The molecule has 2 heterocycles. The van der Waals surface area contributed by atoms with E-state index in [0.29, 0.717) is 4.88 Å². The maximum Gasteiger partial charge on any atom is 0.136 e. The van der Waals surface area contributed by atoms with Gasteiger partial charge >= 0.3 is 0 Å². The molecule has 0 aliphatic heterocycles. The number of nitrogens with zero attached hydrogens (tertiary/aromatic N) is 2. The third-order valence-corrected chi connectivity index (χ3v) is 2.90. The van der Waals surface area contributed by atoms with E-state index in [2.05, 4.69) is 9.97 Å². The van der Waals surface area contributed by atoms with Gasteiger partial charge in [-0.3, -0.25) is 0 Å².